The minimum atomic E-state index is -0.282. The number of para-hydroxylation sites is 1. The summed E-state index contributed by atoms with van der Waals surface area (Å²) in [6.07, 6.45) is 2.63. The lowest BCUT2D eigenvalue weighted by Crippen LogP contribution is -2.05. The number of nitrogens with one attached hydrogen (secondary N) is 1. The van der Waals surface area contributed by atoms with Gasteiger partial charge in [-0.05, 0) is 25.0 Å². The molecule has 1 unspecified atom stereocenters. The number of rotatable bonds is 5. The molecule has 108 valence electrons. The van der Waals surface area contributed by atoms with E-state index in [2.05, 4.69) is 38.7 Å². The zero-order chi connectivity index (χ0) is 14.7. The van der Waals surface area contributed by atoms with Crippen molar-refractivity contribution in [3.8, 4) is 0 Å². The second-order valence-electron chi connectivity index (χ2n) is 4.73. The first kappa shape index (κ1) is 13.8. The average molecular weight is 303 g/mol. The molecular weight excluding hydrogens is 288 g/mol. The number of hydrogen-bond acceptors (Lipinski definition) is 5. The SMILES string of the molecule is CC(Cl)c1nnc(NCCc2cccc3cccnc23)o1. The fourth-order valence-electron chi connectivity index (χ4n) is 2.14. The number of fused-ring (bicyclic) bond motifs is 1. The van der Waals surface area contributed by atoms with E-state index < -0.39 is 0 Å². The van der Waals surface area contributed by atoms with Crippen LogP contribution < -0.4 is 5.32 Å². The Morgan fingerprint density at radius 3 is 2.90 bits per heavy atom. The van der Waals surface area contributed by atoms with Crippen LogP contribution in [0.15, 0.2) is 40.9 Å². The zero-order valence-corrected chi connectivity index (χ0v) is 12.3. The molecule has 0 saturated heterocycles. The van der Waals surface area contributed by atoms with Gasteiger partial charge in [0, 0.05) is 18.1 Å². The third-order valence-electron chi connectivity index (χ3n) is 3.17. The zero-order valence-electron chi connectivity index (χ0n) is 11.6. The first-order valence-electron chi connectivity index (χ1n) is 6.78. The highest BCUT2D eigenvalue weighted by molar-refractivity contribution is 6.20. The summed E-state index contributed by atoms with van der Waals surface area (Å²) in [6, 6.07) is 10.6. The number of halogens is 1. The van der Waals surface area contributed by atoms with Gasteiger partial charge >= 0.3 is 6.01 Å². The minimum absolute atomic E-state index is 0.282. The molecule has 0 bridgehead atoms. The molecule has 6 heteroatoms. The molecule has 3 aromatic rings. The van der Waals surface area contributed by atoms with E-state index in [0.29, 0.717) is 18.5 Å². The summed E-state index contributed by atoms with van der Waals surface area (Å²) in [5, 5.41) is 11.7. The summed E-state index contributed by atoms with van der Waals surface area (Å²) in [4.78, 5) is 4.44. The summed E-state index contributed by atoms with van der Waals surface area (Å²) in [7, 11) is 0. The Kier molecular flexibility index (Phi) is 4.01. The van der Waals surface area contributed by atoms with Gasteiger partial charge in [0.1, 0.15) is 5.38 Å². The number of benzene rings is 1. The van der Waals surface area contributed by atoms with Crippen LogP contribution in [0.25, 0.3) is 10.9 Å². The Balaban J connectivity index is 1.66. The first-order valence-corrected chi connectivity index (χ1v) is 7.21. The van der Waals surface area contributed by atoms with Gasteiger partial charge in [-0.25, -0.2) is 0 Å². The molecule has 0 fully saturated rings. The molecule has 0 spiro atoms. The fourth-order valence-corrected chi connectivity index (χ4v) is 2.23. The van der Waals surface area contributed by atoms with Crippen molar-refractivity contribution in [3.63, 3.8) is 0 Å². The standard InChI is InChI=1S/C15H15ClN4O/c1-10(16)14-19-20-15(21-14)18-9-7-12-5-2-4-11-6-3-8-17-13(11)12/h2-6,8,10H,7,9H2,1H3,(H,18,20). The van der Waals surface area contributed by atoms with Gasteiger partial charge in [-0.15, -0.1) is 16.7 Å². The predicted octanol–water partition coefficient (Wildman–Crippen LogP) is 3.57. The van der Waals surface area contributed by atoms with Gasteiger partial charge in [0.05, 0.1) is 5.52 Å². The van der Waals surface area contributed by atoms with Gasteiger partial charge in [0.2, 0.25) is 5.89 Å². The molecular formula is C15H15ClN4O. The number of hydrogen-bond donors (Lipinski definition) is 1. The van der Waals surface area contributed by atoms with Gasteiger partial charge in [-0.1, -0.05) is 29.4 Å². The van der Waals surface area contributed by atoms with Crippen LogP contribution in [0.3, 0.4) is 0 Å². The Hall–Kier alpha value is -2.14. The third-order valence-corrected chi connectivity index (χ3v) is 3.35. The Bertz CT molecular complexity index is 736. The molecule has 0 aliphatic heterocycles. The number of nitrogens with zero attached hydrogens (tertiary/aromatic N) is 3. The van der Waals surface area contributed by atoms with Crippen molar-refractivity contribution >= 4 is 28.5 Å². The second kappa shape index (κ2) is 6.10. The van der Waals surface area contributed by atoms with Crippen LogP contribution in [-0.4, -0.2) is 21.7 Å². The van der Waals surface area contributed by atoms with Crippen LogP contribution in [0.4, 0.5) is 6.01 Å². The summed E-state index contributed by atoms with van der Waals surface area (Å²) in [5.41, 5.74) is 2.22. The van der Waals surface area contributed by atoms with Gasteiger partial charge in [0.25, 0.3) is 0 Å². The molecule has 0 amide bonds. The van der Waals surface area contributed by atoms with Crippen molar-refractivity contribution in [1.29, 1.82) is 0 Å². The quantitative estimate of drug-likeness (QED) is 0.730. The summed E-state index contributed by atoms with van der Waals surface area (Å²) < 4.78 is 5.39. The molecule has 0 aliphatic carbocycles. The van der Waals surface area contributed by atoms with Crippen LogP contribution >= 0.6 is 11.6 Å². The van der Waals surface area contributed by atoms with Crippen LogP contribution in [0, 0.1) is 0 Å². The molecule has 1 atom stereocenters. The van der Waals surface area contributed by atoms with Crippen molar-refractivity contribution in [1.82, 2.24) is 15.2 Å². The summed E-state index contributed by atoms with van der Waals surface area (Å²) in [5.74, 6) is 0.422. The molecule has 2 heterocycles. The minimum Gasteiger partial charge on any atom is -0.407 e. The molecule has 3 rings (SSSR count). The first-order chi connectivity index (χ1) is 10.2. The van der Waals surface area contributed by atoms with Crippen LogP contribution in [0.1, 0.15) is 23.8 Å². The van der Waals surface area contributed by atoms with Gasteiger partial charge in [-0.3, -0.25) is 4.98 Å². The molecule has 21 heavy (non-hydrogen) atoms. The fraction of sp³-hybridized carbons (Fsp3) is 0.267. The summed E-state index contributed by atoms with van der Waals surface area (Å²) >= 11 is 5.88. The molecule has 0 aliphatic rings. The number of alkyl halides is 1. The van der Waals surface area contributed by atoms with E-state index in [1.807, 2.05) is 18.3 Å². The Morgan fingerprint density at radius 1 is 1.24 bits per heavy atom. The largest absolute Gasteiger partial charge is 0.407 e. The molecule has 1 N–H and O–H groups in total. The van der Waals surface area contributed by atoms with Gasteiger partial charge < -0.3 is 9.73 Å². The maximum Gasteiger partial charge on any atom is 0.315 e. The monoisotopic (exact) mass is 302 g/mol. The number of pyridine rings is 1. The molecule has 2 aromatic heterocycles. The van der Waals surface area contributed by atoms with E-state index in [9.17, 15) is 0 Å². The number of aromatic nitrogens is 3. The van der Waals surface area contributed by atoms with Crippen molar-refractivity contribution in [2.45, 2.75) is 18.7 Å². The van der Waals surface area contributed by atoms with Gasteiger partial charge in [-0.2, -0.15) is 0 Å². The van der Waals surface area contributed by atoms with E-state index >= 15 is 0 Å². The molecule has 0 radical (unpaired) electrons. The highest BCUT2D eigenvalue weighted by atomic mass is 35.5. The third kappa shape index (κ3) is 3.13. The maximum atomic E-state index is 5.88. The van der Waals surface area contributed by atoms with Crippen molar-refractivity contribution in [3.05, 3.63) is 48.0 Å². The lowest BCUT2D eigenvalue weighted by Gasteiger charge is -2.05. The van der Waals surface area contributed by atoms with Gasteiger partial charge in [0.15, 0.2) is 0 Å². The lowest BCUT2D eigenvalue weighted by atomic mass is 10.1. The normalized spacial score (nSPS) is 12.5. The van der Waals surface area contributed by atoms with Crippen molar-refractivity contribution in [2.75, 3.05) is 11.9 Å². The second-order valence-corrected chi connectivity index (χ2v) is 5.39. The van der Waals surface area contributed by atoms with Crippen LogP contribution in [-0.2, 0) is 6.42 Å². The predicted molar refractivity (Wildman–Crippen MR) is 82.5 cm³/mol. The molecule has 5 nitrogen and oxygen atoms in total. The molecule has 1 aromatic carbocycles. The maximum absolute atomic E-state index is 5.88. The Morgan fingerprint density at radius 2 is 2.10 bits per heavy atom. The number of anilines is 1. The summed E-state index contributed by atoms with van der Waals surface area (Å²) in [6.45, 7) is 2.48. The lowest BCUT2D eigenvalue weighted by molar-refractivity contribution is 0.506. The van der Waals surface area contributed by atoms with E-state index in [1.54, 1.807) is 6.92 Å². The van der Waals surface area contributed by atoms with Crippen molar-refractivity contribution < 1.29 is 4.42 Å². The highest BCUT2D eigenvalue weighted by Gasteiger charge is 2.10. The smallest absolute Gasteiger partial charge is 0.315 e. The average Bonchev–Trinajstić information content (AvgIpc) is 2.97. The van der Waals surface area contributed by atoms with E-state index in [4.69, 9.17) is 16.0 Å². The molecule has 0 saturated carbocycles. The van der Waals surface area contributed by atoms with Crippen molar-refractivity contribution in [2.24, 2.45) is 0 Å². The van der Waals surface area contributed by atoms with E-state index in [1.165, 1.54) is 5.56 Å². The Labute approximate surface area is 127 Å². The topological polar surface area (TPSA) is 63.8 Å². The van der Waals surface area contributed by atoms with E-state index in [-0.39, 0.29) is 5.38 Å². The van der Waals surface area contributed by atoms with Crippen LogP contribution in [0.5, 0.6) is 0 Å². The van der Waals surface area contributed by atoms with E-state index in [0.717, 1.165) is 17.3 Å². The van der Waals surface area contributed by atoms with Crippen LogP contribution in [0.2, 0.25) is 0 Å². The highest BCUT2D eigenvalue weighted by Crippen LogP contribution is 2.20.